The number of rotatable bonds is 5. The predicted octanol–water partition coefficient (Wildman–Crippen LogP) is 2.89. The smallest absolute Gasteiger partial charge is 0.271 e. The Hall–Kier alpha value is -3.33. The van der Waals surface area contributed by atoms with Crippen molar-refractivity contribution < 1.29 is 9.53 Å². The molecule has 1 N–H and O–H groups in total. The van der Waals surface area contributed by atoms with Crippen LogP contribution in [0.2, 0.25) is 0 Å². The van der Waals surface area contributed by atoms with Crippen molar-refractivity contribution in [2.45, 2.75) is 6.54 Å². The molecule has 0 aliphatic heterocycles. The van der Waals surface area contributed by atoms with E-state index < -0.39 is 0 Å². The molecule has 140 valence electrons. The second-order valence-electron chi connectivity index (χ2n) is 5.83. The van der Waals surface area contributed by atoms with E-state index in [-0.39, 0.29) is 18.1 Å². The summed E-state index contributed by atoms with van der Waals surface area (Å²) in [5, 5.41) is 7.31. The third kappa shape index (κ3) is 3.56. The van der Waals surface area contributed by atoms with Crippen LogP contribution in [0.15, 0.2) is 59.5 Å². The molecule has 1 amide bonds. The van der Waals surface area contributed by atoms with E-state index >= 15 is 0 Å². The number of carbonyl (C=O) groups excluding carboxylic acids is 1. The summed E-state index contributed by atoms with van der Waals surface area (Å²) in [6.45, 7) is 0.210. The van der Waals surface area contributed by atoms with Gasteiger partial charge in [0, 0.05) is 28.5 Å². The van der Waals surface area contributed by atoms with Crippen molar-refractivity contribution in [3.63, 3.8) is 0 Å². The molecule has 8 nitrogen and oxygen atoms in total. The van der Waals surface area contributed by atoms with Crippen LogP contribution in [0.3, 0.4) is 0 Å². The fraction of sp³-hybridized carbons (Fsp3) is 0.105. The number of halogens is 1. The Bertz CT molecular complexity index is 1130. The van der Waals surface area contributed by atoms with E-state index in [0.29, 0.717) is 11.5 Å². The molecular formula is C19H15BrN6O2. The Morgan fingerprint density at radius 1 is 1.18 bits per heavy atom. The van der Waals surface area contributed by atoms with Crippen LogP contribution in [0.1, 0.15) is 16.2 Å². The van der Waals surface area contributed by atoms with Crippen molar-refractivity contribution >= 4 is 27.5 Å². The third-order valence-corrected chi connectivity index (χ3v) is 4.61. The number of fused-ring (bicyclic) bond motifs is 1. The zero-order valence-electron chi connectivity index (χ0n) is 14.8. The van der Waals surface area contributed by atoms with E-state index in [0.717, 1.165) is 21.4 Å². The van der Waals surface area contributed by atoms with Gasteiger partial charge < -0.3 is 10.1 Å². The Morgan fingerprint density at radius 3 is 2.71 bits per heavy atom. The molecule has 3 aromatic heterocycles. The second-order valence-corrected chi connectivity index (χ2v) is 6.75. The predicted molar refractivity (Wildman–Crippen MR) is 106 cm³/mol. The summed E-state index contributed by atoms with van der Waals surface area (Å²) < 4.78 is 7.87. The van der Waals surface area contributed by atoms with Crippen molar-refractivity contribution in [2.75, 3.05) is 7.11 Å². The van der Waals surface area contributed by atoms with Crippen LogP contribution >= 0.6 is 15.9 Å². The van der Waals surface area contributed by atoms with Crippen LogP contribution in [0.4, 0.5) is 0 Å². The number of amides is 1. The van der Waals surface area contributed by atoms with Gasteiger partial charge in [0.05, 0.1) is 31.2 Å². The van der Waals surface area contributed by atoms with Gasteiger partial charge in [-0.2, -0.15) is 0 Å². The van der Waals surface area contributed by atoms with Gasteiger partial charge in [-0.05, 0) is 18.2 Å². The minimum absolute atomic E-state index is 0.210. The number of carbonyl (C=O) groups is 1. The molecule has 1 aromatic carbocycles. The summed E-state index contributed by atoms with van der Waals surface area (Å²) in [7, 11) is 1.55. The lowest BCUT2D eigenvalue weighted by atomic mass is 10.1. The quantitative estimate of drug-likeness (QED) is 0.514. The summed E-state index contributed by atoms with van der Waals surface area (Å²) in [5.74, 6) is 0.126. The molecule has 0 unspecified atom stereocenters. The molecule has 3 heterocycles. The molecule has 0 fully saturated rings. The zero-order valence-corrected chi connectivity index (χ0v) is 16.4. The van der Waals surface area contributed by atoms with Gasteiger partial charge in [-0.25, -0.2) is 14.5 Å². The highest BCUT2D eigenvalue weighted by molar-refractivity contribution is 9.10. The number of nitrogens with one attached hydrogen (secondary N) is 1. The molecule has 0 spiro atoms. The highest BCUT2D eigenvalue weighted by Crippen LogP contribution is 2.26. The SMILES string of the molecule is COc1ccc2nc(-c3ccc(Br)cc3)c(CNC(=O)c3cnccn3)n2n1. The summed E-state index contributed by atoms with van der Waals surface area (Å²) in [5.41, 5.74) is 3.27. The highest BCUT2D eigenvalue weighted by atomic mass is 79.9. The van der Waals surface area contributed by atoms with E-state index in [1.54, 1.807) is 17.7 Å². The second kappa shape index (κ2) is 7.73. The van der Waals surface area contributed by atoms with Gasteiger partial charge in [0.25, 0.3) is 5.91 Å². The lowest BCUT2D eigenvalue weighted by Gasteiger charge is -2.07. The number of aromatic nitrogens is 5. The van der Waals surface area contributed by atoms with Crippen LogP contribution in [-0.4, -0.2) is 37.6 Å². The Labute approximate surface area is 168 Å². The molecule has 0 radical (unpaired) electrons. The molecule has 0 bridgehead atoms. The molecule has 0 saturated heterocycles. The minimum atomic E-state index is -0.326. The summed E-state index contributed by atoms with van der Waals surface area (Å²) in [4.78, 5) is 25.0. The lowest BCUT2D eigenvalue weighted by Crippen LogP contribution is -2.25. The van der Waals surface area contributed by atoms with Crippen molar-refractivity contribution in [3.05, 3.63) is 70.8 Å². The van der Waals surface area contributed by atoms with Gasteiger partial charge >= 0.3 is 0 Å². The van der Waals surface area contributed by atoms with E-state index in [1.165, 1.54) is 18.6 Å². The number of hydrogen-bond acceptors (Lipinski definition) is 6. The Balaban J connectivity index is 1.74. The first-order valence-corrected chi connectivity index (χ1v) is 9.18. The number of imidazole rings is 1. The monoisotopic (exact) mass is 438 g/mol. The van der Waals surface area contributed by atoms with E-state index in [2.05, 4.69) is 41.3 Å². The first kappa shape index (κ1) is 18.1. The molecule has 0 aliphatic carbocycles. The Kier molecular flexibility index (Phi) is 4.98. The summed E-state index contributed by atoms with van der Waals surface area (Å²) in [6, 6.07) is 11.4. The largest absolute Gasteiger partial charge is 0.480 e. The summed E-state index contributed by atoms with van der Waals surface area (Å²) >= 11 is 3.44. The lowest BCUT2D eigenvalue weighted by molar-refractivity contribution is 0.0945. The van der Waals surface area contributed by atoms with Crippen molar-refractivity contribution in [1.29, 1.82) is 0 Å². The number of hydrogen-bond donors (Lipinski definition) is 1. The van der Waals surface area contributed by atoms with E-state index in [9.17, 15) is 4.79 Å². The molecule has 4 aromatic rings. The van der Waals surface area contributed by atoms with Crippen LogP contribution in [0, 0.1) is 0 Å². The molecule has 0 saturated carbocycles. The minimum Gasteiger partial charge on any atom is -0.480 e. The Morgan fingerprint density at radius 2 is 2.00 bits per heavy atom. The van der Waals surface area contributed by atoms with Crippen molar-refractivity contribution in [2.24, 2.45) is 0 Å². The molecule has 4 rings (SSSR count). The van der Waals surface area contributed by atoms with Gasteiger partial charge in [-0.15, -0.1) is 5.10 Å². The van der Waals surface area contributed by atoms with Gasteiger partial charge in [0.1, 0.15) is 5.69 Å². The first-order valence-electron chi connectivity index (χ1n) is 8.38. The summed E-state index contributed by atoms with van der Waals surface area (Å²) in [6.07, 6.45) is 4.41. The number of nitrogens with zero attached hydrogens (tertiary/aromatic N) is 5. The van der Waals surface area contributed by atoms with Crippen molar-refractivity contribution in [1.82, 2.24) is 29.9 Å². The average molecular weight is 439 g/mol. The normalized spacial score (nSPS) is 10.8. The number of benzene rings is 1. The van der Waals surface area contributed by atoms with Crippen LogP contribution in [0.5, 0.6) is 5.88 Å². The maximum absolute atomic E-state index is 12.4. The van der Waals surface area contributed by atoms with Gasteiger partial charge in [-0.1, -0.05) is 28.1 Å². The van der Waals surface area contributed by atoms with Crippen LogP contribution < -0.4 is 10.1 Å². The zero-order chi connectivity index (χ0) is 19.5. The maximum Gasteiger partial charge on any atom is 0.271 e. The standard InChI is InChI=1S/C19H15BrN6O2/c1-28-17-7-6-16-24-18(12-2-4-13(20)5-3-12)15(26(16)25-17)11-23-19(27)14-10-21-8-9-22-14/h2-10H,11H2,1H3,(H,23,27). The van der Waals surface area contributed by atoms with E-state index in [4.69, 9.17) is 4.74 Å². The first-order chi connectivity index (χ1) is 13.7. The van der Waals surface area contributed by atoms with E-state index in [1.807, 2.05) is 30.3 Å². The topological polar surface area (TPSA) is 94.3 Å². The maximum atomic E-state index is 12.4. The fourth-order valence-electron chi connectivity index (χ4n) is 2.74. The van der Waals surface area contributed by atoms with Crippen molar-refractivity contribution in [3.8, 4) is 17.1 Å². The fourth-order valence-corrected chi connectivity index (χ4v) is 3.00. The van der Waals surface area contributed by atoms with Crippen LogP contribution in [-0.2, 0) is 6.54 Å². The highest BCUT2D eigenvalue weighted by Gasteiger charge is 2.17. The van der Waals surface area contributed by atoms with Gasteiger partial charge in [-0.3, -0.25) is 9.78 Å². The number of methoxy groups -OCH3 is 1. The van der Waals surface area contributed by atoms with Gasteiger partial charge in [0.2, 0.25) is 5.88 Å². The number of ether oxygens (including phenoxy) is 1. The molecule has 28 heavy (non-hydrogen) atoms. The molecule has 9 heteroatoms. The molecular weight excluding hydrogens is 424 g/mol. The molecule has 0 aliphatic rings. The third-order valence-electron chi connectivity index (χ3n) is 4.08. The molecule has 0 atom stereocenters. The van der Waals surface area contributed by atoms with Gasteiger partial charge in [0.15, 0.2) is 5.65 Å². The average Bonchev–Trinajstić information content (AvgIpc) is 3.10. The van der Waals surface area contributed by atoms with Crippen LogP contribution in [0.25, 0.3) is 16.9 Å².